The molecule has 0 aromatic carbocycles. The third kappa shape index (κ3) is 5.82. The van der Waals surface area contributed by atoms with Crippen molar-refractivity contribution >= 4 is 35.0 Å². The summed E-state index contributed by atoms with van der Waals surface area (Å²) < 4.78 is 13.3. The van der Waals surface area contributed by atoms with Crippen LogP contribution in [0, 0.1) is 6.92 Å². The van der Waals surface area contributed by atoms with E-state index in [4.69, 9.17) is 9.47 Å². The molecule has 12 heteroatoms. The van der Waals surface area contributed by atoms with Gasteiger partial charge in [0, 0.05) is 55.6 Å². The molecule has 228 valence electrons. The van der Waals surface area contributed by atoms with Crippen molar-refractivity contribution in [1.82, 2.24) is 24.6 Å². The molecule has 6 heterocycles. The average molecular weight is 589 g/mol. The van der Waals surface area contributed by atoms with E-state index in [1.807, 2.05) is 64.9 Å². The molecule has 3 aliphatic heterocycles. The maximum atomic E-state index is 13.1. The number of nitrogens with one attached hydrogen (secondary N) is 1. The number of amides is 2. The second-order valence-electron chi connectivity index (χ2n) is 12.6. The summed E-state index contributed by atoms with van der Waals surface area (Å²) in [5.41, 5.74) is 5.32. The van der Waals surface area contributed by atoms with Gasteiger partial charge in [0.2, 0.25) is 11.8 Å². The molecule has 0 fully saturated rings. The van der Waals surface area contributed by atoms with Gasteiger partial charge in [0.05, 0.1) is 18.4 Å². The molecule has 3 aromatic rings. The highest BCUT2D eigenvalue weighted by Gasteiger charge is 2.33. The average Bonchev–Trinajstić information content (AvgIpc) is 3.24. The second kappa shape index (κ2) is 11.1. The summed E-state index contributed by atoms with van der Waals surface area (Å²) in [6, 6.07) is 4.24. The standard InChI is InChI=1S/C31H40N8O4/c1-19(2)37-10-8-23-14-26(35-39(23)18-27(37)40)34-25-13-22-17-36(9-7-21(22)15-32-25)24-16-33-29-28(20(24)3)38(11-12-42-29)30(41)43-31(4,5)6/h13-16,19H,7-12,17-18H2,1-6H3,(H,32,34,35). The molecule has 0 aliphatic carbocycles. The molecule has 0 spiro atoms. The fraction of sp³-hybridized carbons (Fsp3) is 0.516. The Bertz CT molecular complexity index is 1560. The minimum atomic E-state index is -0.605. The first-order valence-electron chi connectivity index (χ1n) is 15.0. The van der Waals surface area contributed by atoms with Crippen molar-refractivity contribution in [2.75, 3.05) is 41.4 Å². The Morgan fingerprint density at radius 3 is 2.60 bits per heavy atom. The van der Waals surface area contributed by atoms with Crippen LogP contribution < -0.4 is 19.9 Å². The molecular weight excluding hydrogens is 548 g/mol. The largest absolute Gasteiger partial charge is 0.474 e. The summed E-state index contributed by atoms with van der Waals surface area (Å²) in [6.45, 7) is 14.8. The van der Waals surface area contributed by atoms with Crippen LogP contribution >= 0.6 is 0 Å². The van der Waals surface area contributed by atoms with Crippen LogP contribution in [0.3, 0.4) is 0 Å². The lowest BCUT2D eigenvalue weighted by Gasteiger charge is -2.35. The van der Waals surface area contributed by atoms with Gasteiger partial charge in [0.15, 0.2) is 5.82 Å². The molecule has 0 saturated carbocycles. The third-order valence-electron chi connectivity index (χ3n) is 8.08. The number of anilines is 4. The van der Waals surface area contributed by atoms with Crippen molar-refractivity contribution in [3.8, 4) is 5.88 Å². The van der Waals surface area contributed by atoms with Gasteiger partial charge in [-0.05, 0) is 65.2 Å². The number of rotatable bonds is 4. The van der Waals surface area contributed by atoms with E-state index in [2.05, 4.69) is 31.3 Å². The predicted octanol–water partition coefficient (Wildman–Crippen LogP) is 4.21. The monoisotopic (exact) mass is 588 g/mol. The van der Waals surface area contributed by atoms with Gasteiger partial charge in [-0.25, -0.2) is 14.8 Å². The molecule has 0 unspecified atom stereocenters. The molecule has 3 aromatic heterocycles. The van der Waals surface area contributed by atoms with Crippen LogP contribution in [0.1, 0.15) is 57.0 Å². The van der Waals surface area contributed by atoms with E-state index in [1.165, 1.54) is 5.56 Å². The number of hydrogen-bond acceptors (Lipinski definition) is 9. The molecule has 1 N–H and O–H groups in total. The van der Waals surface area contributed by atoms with Crippen molar-refractivity contribution in [3.63, 3.8) is 0 Å². The van der Waals surface area contributed by atoms with Crippen molar-refractivity contribution < 1.29 is 19.1 Å². The Morgan fingerprint density at radius 1 is 1.02 bits per heavy atom. The highest BCUT2D eigenvalue weighted by Crippen LogP contribution is 2.40. The maximum absolute atomic E-state index is 13.1. The molecule has 0 bridgehead atoms. The number of pyridine rings is 2. The van der Waals surface area contributed by atoms with Gasteiger partial charge >= 0.3 is 6.09 Å². The van der Waals surface area contributed by atoms with E-state index in [0.29, 0.717) is 49.4 Å². The van der Waals surface area contributed by atoms with E-state index in [1.54, 1.807) is 9.58 Å². The van der Waals surface area contributed by atoms with E-state index < -0.39 is 11.7 Å². The van der Waals surface area contributed by atoms with Crippen LogP contribution in [0.15, 0.2) is 24.5 Å². The summed E-state index contributed by atoms with van der Waals surface area (Å²) in [6.07, 6.45) is 4.95. The summed E-state index contributed by atoms with van der Waals surface area (Å²) in [5, 5.41) is 8.02. The lowest BCUT2D eigenvalue weighted by atomic mass is 10.0. The molecule has 6 rings (SSSR count). The molecule has 12 nitrogen and oxygen atoms in total. The van der Waals surface area contributed by atoms with Crippen molar-refractivity contribution in [3.05, 3.63) is 46.9 Å². The first kappa shape index (κ1) is 28.8. The van der Waals surface area contributed by atoms with Crippen LogP contribution in [0.5, 0.6) is 5.88 Å². The Morgan fingerprint density at radius 2 is 1.84 bits per heavy atom. The van der Waals surface area contributed by atoms with Gasteiger partial charge in [-0.2, -0.15) is 5.10 Å². The third-order valence-corrected chi connectivity index (χ3v) is 8.08. The first-order chi connectivity index (χ1) is 20.5. The van der Waals surface area contributed by atoms with Crippen molar-refractivity contribution in [2.24, 2.45) is 0 Å². The van der Waals surface area contributed by atoms with Crippen LogP contribution in [-0.2, 0) is 35.5 Å². The minimum absolute atomic E-state index is 0.0862. The fourth-order valence-electron chi connectivity index (χ4n) is 5.97. The van der Waals surface area contributed by atoms with Gasteiger partial charge in [-0.15, -0.1) is 0 Å². The Balaban J connectivity index is 1.20. The lowest BCUT2D eigenvalue weighted by Crippen LogP contribution is -2.42. The first-order valence-corrected chi connectivity index (χ1v) is 15.0. The number of hydrogen-bond donors (Lipinski definition) is 1. The topological polar surface area (TPSA) is 118 Å². The zero-order chi connectivity index (χ0) is 30.5. The van der Waals surface area contributed by atoms with Crippen LogP contribution in [0.2, 0.25) is 0 Å². The van der Waals surface area contributed by atoms with E-state index in [9.17, 15) is 9.59 Å². The highest BCUT2D eigenvalue weighted by molar-refractivity contribution is 5.92. The summed E-state index contributed by atoms with van der Waals surface area (Å²) in [5.74, 6) is 1.92. The number of fused-ring (bicyclic) bond motifs is 3. The number of ether oxygens (including phenoxy) is 2. The van der Waals surface area contributed by atoms with Crippen molar-refractivity contribution in [1.29, 1.82) is 0 Å². The second-order valence-corrected chi connectivity index (χ2v) is 12.6. The Hall–Kier alpha value is -4.35. The Labute approximate surface area is 252 Å². The predicted molar refractivity (Wildman–Crippen MR) is 163 cm³/mol. The van der Waals surface area contributed by atoms with Gasteiger partial charge in [0.1, 0.15) is 30.3 Å². The molecule has 0 atom stereocenters. The molecule has 0 radical (unpaired) electrons. The van der Waals surface area contributed by atoms with Crippen molar-refractivity contribution in [2.45, 2.75) is 79.1 Å². The van der Waals surface area contributed by atoms with Crippen LogP contribution in [0.4, 0.5) is 27.8 Å². The molecular formula is C31H40N8O4. The van der Waals surface area contributed by atoms with E-state index in [-0.39, 0.29) is 18.5 Å². The maximum Gasteiger partial charge on any atom is 0.415 e. The highest BCUT2D eigenvalue weighted by atomic mass is 16.6. The van der Waals surface area contributed by atoms with E-state index >= 15 is 0 Å². The molecule has 43 heavy (non-hydrogen) atoms. The zero-order valence-corrected chi connectivity index (χ0v) is 25.8. The van der Waals surface area contributed by atoms with Gasteiger partial charge < -0.3 is 24.6 Å². The quantitative estimate of drug-likeness (QED) is 0.478. The normalized spacial score (nSPS) is 16.7. The minimum Gasteiger partial charge on any atom is -0.474 e. The number of carbonyl (C=O) groups excluding carboxylic acids is 2. The number of carbonyl (C=O) groups is 2. The van der Waals surface area contributed by atoms with Crippen LogP contribution in [0.25, 0.3) is 0 Å². The molecule has 0 saturated heterocycles. The Kier molecular flexibility index (Phi) is 7.39. The van der Waals surface area contributed by atoms with Gasteiger partial charge in [0.25, 0.3) is 0 Å². The van der Waals surface area contributed by atoms with Gasteiger partial charge in [-0.3, -0.25) is 14.4 Å². The molecule has 3 aliphatic rings. The van der Waals surface area contributed by atoms with E-state index in [0.717, 1.165) is 41.9 Å². The summed E-state index contributed by atoms with van der Waals surface area (Å²) in [7, 11) is 0. The number of nitrogens with zero attached hydrogens (tertiary/aromatic N) is 7. The SMILES string of the molecule is Cc1c(N2CCc3cnc(Nc4cc5n(n4)CC(=O)N(C(C)C)CC5)cc3C2)cnc2c1N(C(=O)OC(C)(C)C)CCO2. The lowest BCUT2D eigenvalue weighted by molar-refractivity contribution is -0.133. The zero-order valence-electron chi connectivity index (χ0n) is 25.8. The summed E-state index contributed by atoms with van der Waals surface area (Å²) in [4.78, 5) is 40.8. The summed E-state index contributed by atoms with van der Waals surface area (Å²) >= 11 is 0. The fourth-order valence-corrected chi connectivity index (χ4v) is 5.97. The van der Waals surface area contributed by atoms with Crippen LogP contribution in [-0.4, -0.2) is 74.5 Å². The van der Waals surface area contributed by atoms with Gasteiger partial charge in [-0.1, -0.05) is 0 Å². The number of aromatic nitrogens is 4. The smallest absolute Gasteiger partial charge is 0.415 e. The molecule has 2 amide bonds.